The van der Waals surface area contributed by atoms with Crippen molar-refractivity contribution >= 4 is 11.8 Å². The molecule has 0 fully saturated rings. The summed E-state index contributed by atoms with van der Waals surface area (Å²) in [5, 5.41) is 19.6. The summed E-state index contributed by atoms with van der Waals surface area (Å²) in [6.45, 7) is 9.59. The maximum atomic E-state index is 12.1. The van der Waals surface area contributed by atoms with Crippen molar-refractivity contribution < 1.29 is 29.3 Å². The minimum Gasteiger partial charge on any atom is -0.495 e. The average molecular weight is 338 g/mol. The van der Waals surface area contributed by atoms with Crippen LogP contribution in [0.4, 0.5) is 0 Å². The summed E-state index contributed by atoms with van der Waals surface area (Å²) >= 11 is 0. The third-order valence-corrected chi connectivity index (χ3v) is 3.51. The fraction of sp³-hybridized carbons (Fsp3) is 0.556. The fourth-order valence-corrected chi connectivity index (χ4v) is 2.13. The van der Waals surface area contributed by atoms with Gasteiger partial charge in [0.1, 0.15) is 24.9 Å². The second kappa shape index (κ2) is 8.26. The third-order valence-electron chi connectivity index (χ3n) is 3.51. The first-order valence-electron chi connectivity index (χ1n) is 7.83. The lowest BCUT2D eigenvalue weighted by Crippen LogP contribution is -2.33. The number of aliphatic hydroxyl groups is 2. The standard InChI is InChI=1S/C18H26O6/c1-11(2)17(21)24-10-14(19)9-23-15-7-6-13(8-12(15)3)16(20)18(4,5)22/h6-7,12,14,19,22H,1,8-10H2,2-5H3. The van der Waals surface area contributed by atoms with Crippen molar-refractivity contribution in [1.29, 1.82) is 0 Å². The van der Waals surface area contributed by atoms with Gasteiger partial charge >= 0.3 is 5.97 Å². The van der Waals surface area contributed by atoms with Crippen LogP contribution in [-0.2, 0) is 19.1 Å². The normalized spacial score (nSPS) is 19.0. The van der Waals surface area contributed by atoms with E-state index in [0.29, 0.717) is 17.8 Å². The highest BCUT2D eigenvalue weighted by atomic mass is 16.5. The van der Waals surface area contributed by atoms with Gasteiger partial charge in [0.05, 0.1) is 5.76 Å². The summed E-state index contributed by atoms with van der Waals surface area (Å²) in [6, 6.07) is 0. The van der Waals surface area contributed by atoms with E-state index in [1.807, 2.05) is 6.92 Å². The van der Waals surface area contributed by atoms with Gasteiger partial charge in [-0.15, -0.1) is 0 Å². The van der Waals surface area contributed by atoms with Gasteiger partial charge < -0.3 is 19.7 Å². The van der Waals surface area contributed by atoms with Crippen LogP contribution in [-0.4, -0.2) is 46.9 Å². The number of rotatable bonds is 8. The first kappa shape index (κ1) is 20.1. The van der Waals surface area contributed by atoms with Gasteiger partial charge in [0, 0.05) is 11.5 Å². The molecule has 0 aromatic carbocycles. The molecule has 1 rings (SSSR count). The van der Waals surface area contributed by atoms with Crippen molar-refractivity contribution in [1.82, 2.24) is 0 Å². The number of ether oxygens (including phenoxy) is 2. The molecule has 1 aliphatic carbocycles. The molecule has 0 aliphatic heterocycles. The molecule has 2 unspecified atom stereocenters. The summed E-state index contributed by atoms with van der Waals surface area (Å²) in [5.41, 5.74) is -0.597. The lowest BCUT2D eigenvalue weighted by molar-refractivity contribution is -0.142. The van der Waals surface area contributed by atoms with Gasteiger partial charge in [-0.2, -0.15) is 0 Å². The number of ketones is 1. The number of carbonyl (C=O) groups is 2. The van der Waals surface area contributed by atoms with Gasteiger partial charge in [-0.1, -0.05) is 19.6 Å². The van der Waals surface area contributed by atoms with Crippen molar-refractivity contribution in [3.8, 4) is 0 Å². The SMILES string of the molecule is C=C(C)C(=O)OCC(O)COC1=CC=C(C(=O)C(C)(C)O)CC1C. The van der Waals surface area contributed by atoms with Crippen LogP contribution in [0.2, 0.25) is 0 Å². The first-order chi connectivity index (χ1) is 11.0. The van der Waals surface area contributed by atoms with Gasteiger partial charge in [0.15, 0.2) is 5.78 Å². The molecule has 1 aliphatic rings. The van der Waals surface area contributed by atoms with E-state index in [2.05, 4.69) is 6.58 Å². The molecule has 0 bridgehead atoms. The molecule has 0 saturated carbocycles. The Kier molecular flexibility index (Phi) is 6.93. The highest BCUT2D eigenvalue weighted by Gasteiger charge is 2.30. The highest BCUT2D eigenvalue weighted by molar-refractivity contribution is 6.01. The van der Waals surface area contributed by atoms with Crippen molar-refractivity contribution in [2.24, 2.45) is 5.92 Å². The molecule has 6 nitrogen and oxygen atoms in total. The molecule has 6 heteroatoms. The molecule has 0 amide bonds. The summed E-state index contributed by atoms with van der Waals surface area (Å²) < 4.78 is 10.4. The topological polar surface area (TPSA) is 93.1 Å². The summed E-state index contributed by atoms with van der Waals surface area (Å²) in [5.74, 6) is -0.289. The Morgan fingerprint density at radius 3 is 2.50 bits per heavy atom. The van der Waals surface area contributed by atoms with Crippen LogP contribution in [0, 0.1) is 5.92 Å². The predicted octanol–water partition coefficient (Wildman–Crippen LogP) is 1.67. The van der Waals surface area contributed by atoms with Crippen LogP contribution < -0.4 is 0 Å². The molecule has 0 aromatic heterocycles. The van der Waals surface area contributed by atoms with Crippen molar-refractivity contribution in [3.05, 3.63) is 35.6 Å². The Balaban J connectivity index is 2.55. The van der Waals surface area contributed by atoms with Gasteiger partial charge in [0.25, 0.3) is 0 Å². The summed E-state index contributed by atoms with van der Waals surface area (Å²) in [6.07, 6.45) is 2.79. The van der Waals surface area contributed by atoms with Crippen molar-refractivity contribution in [3.63, 3.8) is 0 Å². The molecule has 0 saturated heterocycles. The van der Waals surface area contributed by atoms with E-state index in [4.69, 9.17) is 9.47 Å². The Labute approximate surface area is 142 Å². The quantitative estimate of drug-likeness (QED) is 0.517. The highest BCUT2D eigenvalue weighted by Crippen LogP contribution is 2.28. The van der Waals surface area contributed by atoms with E-state index in [1.54, 1.807) is 12.2 Å². The zero-order valence-electron chi connectivity index (χ0n) is 14.7. The van der Waals surface area contributed by atoms with Crippen LogP contribution in [0.1, 0.15) is 34.1 Å². The number of carbonyl (C=O) groups excluding carboxylic acids is 2. The molecule has 0 aromatic rings. The first-order valence-corrected chi connectivity index (χ1v) is 7.83. The van der Waals surface area contributed by atoms with E-state index in [1.165, 1.54) is 20.8 Å². The van der Waals surface area contributed by atoms with E-state index >= 15 is 0 Å². The van der Waals surface area contributed by atoms with Gasteiger partial charge in [0.2, 0.25) is 0 Å². The monoisotopic (exact) mass is 338 g/mol. The summed E-state index contributed by atoms with van der Waals surface area (Å²) in [4.78, 5) is 23.3. The molecule has 0 spiro atoms. The third kappa shape index (κ3) is 5.94. The Morgan fingerprint density at radius 2 is 2.00 bits per heavy atom. The van der Waals surface area contributed by atoms with Gasteiger partial charge in [-0.05, 0) is 38.8 Å². The van der Waals surface area contributed by atoms with E-state index in [0.717, 1.165) is 0 Å². The van der Waals surface area contributed by atoms with Crippen molar-refractivity contribution in [2.45, 2.75) is 45.8 Å². The van der Waals surface area contributed by atoms with Crippen LogP contribution in [0.3, 0.4) is 0 Å². The predicted molar refractivity (Wildman–Crippen MR) is 89.0 cm³/mol. The minimum absolute atomic E-state index is 0.0255. The fourth-order valence-electron chi connectivity index (χ4n) is 2.13. The Hall–Kier alpha value is -1.92. The van der Waals surface area contributed by atoms with E-state index < -0.39 is 17.7 Å². The number of esters is 1. The molecule has 2 N–H and O–H groups in total. The molecular weight excluding hydrogens is 312 g/mol. The number of Topliss-reactive ketones (excluding diaryl/α,β-unsaturated/α-hetero) is 1. The molecule has 0 heterocycles. The number of hydrogen-bond acceptors (Lipinski definition) is 6. The number of hydrogen-bond donors (Lipinski definition) is 2. The van der Waals surface area contributed by atoms with Crippen LogP contribution in [0.15, 0.2) is 35.6 Å². The average Bonchev–Trinajstić information content (AvgIpc) is 2.49. The Morgan fingerprint density at radius 1 is 1.38 bits per heavy atom. The smallest absolute Gasteiger partial charge is 0.333 e. The van der Waals surface area contributed by atoms with E-state index in [9.17, 15) is 19.8 Å². The number of allylic oxidation sites excluding steroid dienone is 3. The van der Waals surface area contributed by atoms with Gasteiger partial charge in [-0.25, -0.2) is 4.79 Å². The maximum absolute atomic E-state index is 12.1. The van der Waals surface area contributed by atoms with Crippen molar-refractivity contribution in [2.75, 3.05) is 13.2 Å². The largest absolute Gasteiger partial charge is 0.495 e. The van der Waals surface area contributed by atoms with Crippen LogP contribution in [0.5, 0.6) is 0 Å². The minimum atomic E-state index is -1.40. The molecular formula is C18H26O6. The van der Waals surface area contributed by atoms with Gasteiger partial charge in [-0.3, -0.25) is 4.79 Å². The molecule has 24 heavy (non-hydrogen) atoms. The molecule has 2 atom stereocenters. The second-order valence-electron chi connectivity index (χ2n) is 6.60. The number of aliphatic hydroxyl groups excluding tert-OH is 1. The zero-order chi connectivity index (χ0) is 18.5. The lowest BCUT2D eigenvalue weighted by atomic mass is 9.86. The van der Waals surface area contributed by atoms with E-state index in [-0.39, 0.29) is 30.5 Å². The van der Waals surface area contributed by atoms with Crippen LogP contribution in [0.25, 0.3) is 0 Å². The second-order valence-corrected chi connectivity index (χ2v) is 6.60. The molecule has 0 radical (unpaired) electrons. The zero-order valence-corrected chi connectivity index (χ0v) is 14.7. The Bertz CT molecular complexity index is 565. The van der Waals surface area contributed by atoms with Crippen LogP contribution >= 0.6 is 0 Å². The molecule has 134 valence electrons. The lowest BCUT2D eigenvalue weighted by Gasteiger charge is -2.25. The summed E-state index contributed by atoms with van der Waals surface area (Å²) in [7, 11) is 0. The maximum Gasteiger partial charge on any atom is 0.333 e.